The Morgan fingerprint density at radius 1 is 1.15 bits per heavy atom. The highest BCUT2D eigenvalue weighted by molar-refractivity contribution is 5.33. The summed E-state index contributed by atoms with van der Waals surface area (Å²) in [5.74, 6) is -0.263. The number of rotatable bonds is 7. The summed E-state index contributed by atoms with van der Waals surface area (Å²) >= 11 is 0. The van der Waals surface area contributed by atoms with Crippen LogP contribution in [0.4, 0.5) is 32.3 Å². The fourth-order valence-corrected chi connectivity index (χ4v) is 2.06. The molecule has 2 heterocycles. The van der Waals surface area contributed by atoms with E-state index in [1.807, 2.05) is 0 Å². The monoisotopic (exact) mass is 398 g/mol. The van der Waals surface area contributed by atoms with Crippen LogP contribution >= 0.6 is 0 Å². The first-order valence-corrected chi connectivity index (χ1v) is 7.58. The SMILES string of the molecule is C[C@H](N)COCc1n[nH]c(CNc2ncc(C(F)(F)F)cn2)c1C(F)(F)F. The highest BCUT2D eigenvalue weighted by Crippen LogP contribution is 2.34. The lowest BCUT2D eigenvalue weighted by atomic mass is 10.1. The average molecular weight is 398 g/mol. The Hall–Kier alpha value is -2.41. The quantitative estimate of drug-likeness (QED) is 0.620. The van der Waals surface area contributed by atoms with Crippen molar-refractivity contribution in [1.29, 1.82) is 0 Å². The molecule has 0 aliphatic heterocycles. The number of aromatic amines is 1. The Kier molecular flexibility index (Phi) is 6.26. The number of ether oxygens (including phenoxy) is 1. The maximum Gasteiger partial charge on any atom is 0.420 e. The van der Waals surface area contributed by atoms with E-state index in [9.17, 15) is 26.3 Å². The number of aromatic nitrogens is 4. The minimum Gasteiger partial charge on any atom is -0.373 e. The number of halogens is 6. The minimum atomic E-state index is -4.71. The Morgan fingerprint density at radius 2 is 1.78 bits per heavy atom. The highest BCUT2D eigenvalue weighted by atomic mass is 19.4. The van der Waals surface area contributed by atoms with Gasteiger partial charge >= 0.3 is 12.4 Å². The molecule has 2 aromatic rings. The van der Waals surface area contributed by atoms with Crippen LogP contribution in [0.5, 0.6) is 0 Å². The summed E-state index contributed by atoms with van der Waals surface area (Å²) < 4.78 is 82.4. The maximum absolute atomic E-state index is 13.3. The van der Waals surface area contributed by atoms with Crippen molar-refractivity contribution in [3.63, 3.8) is 0 Å². The first-order valence-electron chi connectivity index (χ1n) is 7.58. The molecule has 4 N–H and O–H groups in total. The van der Waals surface area contributed by atoms with E-state index in [1.54, 1.807) is 6.92 Å². The van der Waals surface area contributed by atoms with Gasteiger partial charge in [0.1, 0.15) is 11.3 Å². The molecule has 0 amide bonds. The first kappa shape index (κ1) is 20.9. The summed E-state index contributed by atoms with van der Waals surface area (Å²) in [6.45, 7) is 0.857. The molecule has 0 saturated carbocycles. The molecule has 7 nitrogen and oxygen atoms in total. The Balaban J connectivity index is 2.10. The van der Waals surface area contributed by atoms with Gasteiger partial charge in [-0.2, -0.15) is 31.4 Å². The number of nitrogens with one attached hydrogen (secondary N) is 2. The van der Waals surface area contributed by atoms with E-state index in [0.717, 1.165) is 0 Å². The van der Waals surface area contributed by atoms with Crippen LogP contribution in [0.1, 0.15) is 29.4 Å². The van der Waals surface area contributed by atoms with E-state index in [-0.39, 0.29) is 30.0 Å². The van der Waals surface area contributed by atoms with Crippen molar-refractivity contribution >= 4 is 5.95 Å². The second kappa shape index (κ2) is 8.08. The predicted molar refractivity (Wildman–Crippen MR) is 81.3 cm³/mol. The van der Waals surface area contributed by atoms with Crippen LogP contribution in [-0.4, -0.2) is 32.8 Å². The second-order valence-corrected chi connectivity index (χ2v) is 5.66. The van der Waals surface area contributed by atoms with Crippen LogP contribution < -0.4 is 11.1 Å². The molecule has 0 bridgehead atoms. The fourth-order valence-electron chi connectivity index (χ4n) is 2.06. The van der Waals surface area contributed by atoms with E-state index in [2.05, 4.69) is 25.5 Å². The lowest BCUT2D eigenvalue weighted by Crippen LogP contribution is -2.22. The van der Waals surface area contributed by atoms with Crippen LogP contribution in [0.2, 0.25) is 0 Å². The molecule has 0 fully saturated rings. The summed E-state index contributed by atoms with van der Waals surface area (Å²) in [5.41, 5.74) is 2.69. The van der Waals surface area contributed by atoms with Gasteiger partial charge in [-0.25, -0.2) is 9.97 Å². The summed E-state index contributed by atoms with van der Waals surface area (Å²) in [7, 11) is 0. The first-order chi connectivity index (χ1) is 12.5. The van der Waals surface area contributed by atoms with Gasteiger partial charge in [-0.15, -0.1) is 0 Å². The molecule has 0 radical (unpaired) electrons. The summed E-state index contributed by atoms with van der Waals surface area (Å²) in [5, 5.41) is 8.26. The molecule has 0 spiro atoms. The zero-order valence-electron chi connectivity index (χ0n) is 13.9. The highest BCUT2D eigenvalue weighted by Gasteiger charge is 2.38. The molecule has 2 aromatic heterocycles. The summed E-state index contributed by atoms with van der Waals surface area (Å²) in [6.07, 6.45) is -8.26. The molecule has 27 heavy (non-hydrogen) atoms. The third-order valence-electron chi connectivity index (χ3n) is 3.22. The largest absolute Gasteiger partial charge is 0.420 e. The number of hydrogen-bond acceptors (Lipinski definition) is 6. The molecular formula is C14H16F6N6O. The fraction of sp³-hybridized carbons (Fsp3) is 0.500. The third-order valence-corrected chi connectivity index (χ3v) is 3.22. The predicted octanol–water partition coefficient (Wildman–Crippen LogP) is 2.71. The minimum absolute atomic E-state index is 0.0527. The van der Waals surface area contributed by atoms with Gasteiger partial charge in [-0.3, -0.25) is 5.10 Å². The van der Waals surface area contributed by atoms with E-state index in [1.165, 1.54) is 0 Å². The van der Waals surface area contributed by atoms with E-state index < -0.39 is 36.6 Å². The zero-order valence-corrected chi connectivity index (χ0v) is 13.9. The summed E-state index contributed by atoms with van der Waals surface area (Å²) in [4.78, 5) is 6.86. The number of alkyl halides is 6. The molecular weight excluding hydrogens is 382 g/mol. The average Bonchev–Trinajstić information content (AvgIpc) is 2.95. The number of nitrogens with two attached hydrogens (primary N) is 1. The van der Waals surface area contributed by atoms with Gasteiger partial charge in [0.15, 0.2) is 0 Å². The molecule has 0 saturated heterocycles. The number of anilines is 1. The topological polar surface area (TPSA) is 102 Å². The number of hydrogen-bond donors (Lipinski definition) is 3. The maximum atomic E-state index is 13.3. The third kappa shape index (κ3) is 5.79. The van der Waals surface area contributed by atoms with Gasteiger partial charge in [0.05, 0.1) is 31.0 Å². The lowest BCUT2D eigenvalue weighted by Gasteiger charge is -2.12. The van der Waals surface area contributed by atoms with Gasteiger partial charge in [-0.1, -0.05) is 0 Å². The van der Waals surface area contributed by atoms with Gasteiger partial charge in [0.25, 0.3) is 0 Å². The second-order valence-electron chi connectivity index (χ2n) is 5.66. The molecule has 0 unspecified atom stereocenters. The van der Waals surface area contributed by atoms with Gasteiger partial charge in [-0.05, 0) is 6.92 Å². The van der Waals surface area contributed by atoms with Crippen molar-refractivity contribution in [3.05, 3.63) is 34.9 Å². The molecule has 0 aliphatic rings. The van der Waals surface area contributed by atoms with Gasteiger partial charge in [0, 0.05) is 18.4 Å². The van der Waals surface area contributed by atoms with E-state index in [4.69, 9.17) is 10.5 Å². The molecule has 13 heteroatoms. The van der Waals surface area contributed by atoms with E-state index >= 15 is 0 Å². The normalized spacial score (nSPS) is 13.6. The van der Waals surface area contributed by atoms with Crippen molar-refractivity contribution in [2.75, 3.05) is 11.9 Å². The smallest absolute Gasteiger partial charge is 0.373 e. The van der Waals surface area contributed by atoms with E-state index in [0.29, 0.717) is 12.4 Å². The Labute approximate surface area is 149 Å². The Morgan fingerprint density at radius 3 is 2.30 bits per heavy atom. The molecule has 150 valence electrons. The lowest BCUT2D eigenvalue weighted by molar-refractivity contribution is -0.139. The summed E-state index contributed by atoms with van der Waals surface area (Å²) in [6, 6.07) is -0.351. The zero-order chi connectivity index (χ0) is 20.2. The van der Waals surface area contributed by atoms with Crippen LogP contribution in [0.3, 0.4) is 0 Å². The van der Waals surface area contributed by atoms with Crippen molar-refractivity contribution in [2.45, 2.75) is 38.5 Å². The van der Waals surface area contributed by atoms with Crippen molar-refractivity contribution in [2.24, 2.45) is 5.73 Å². The molecule has 0 aliphatic carbocycles. The van der Waals surface area contributed by atoms with Gasteiger partial charge < -0.3 is 15.8 Å². The van der Waals surface area contributed by atoms with Crippen molar-refractivity contribution in [3.8, 4) is 0 Å². The Bertz CT molecular complexity index is 740. The van der Waals surface area contributed by atoms with Crippen LogP contribution in [-0.2, 0) is 30.2 Å². The molecule has 0 aromatic carbocycles. The van der Waals surface area contributed by atoms with Gasteiger partial charge in [0.2, 0.25) is 5.95 Å². The molecule has 2 rings (SSSR count). The molecule has 1 atom stereocenters. The number of nitrogens with zero attached hydrogens (tertiary/aromatic N) is 3. The van der Waals surface area contributed by atoms with Crippen LogP contribution in [0.25, 0.3) is 0 Å². The van der Waals surface area contributed by atoms with Crippen molar-refractivity contribution in [1.82, 2.24) is 20.2 Å². The van der Waals surface area contributed by atoms with Crippen LogP contribution in [0, 0.1) is 0 Å². The van der Waals surface area contributed by atoms with Crippen molar-refractivity contribution < 1.29 is 31.1 Å². The van der Waals surface area contributed by atoms with Crippen LogP contribution in [0.15, 0.2) is 12.4 Å². The standard InChI is InChI=1S/C14H16F6N6O/c1-7(21)5-27-6-10-11(14(18,19)20)9(25-26-10)4-24-12-22-2-8(3-23-12)13(15,16)17/h2-3,7H,4-6,21H2,1H3,(H,25,26)(H,22,23,24)/t7-/m0/s1. The number of H-pyrrole nitrogens is 1.